The van der Waals surface area contributed by atoms with Crippen molar-refractivity contribution in [3.05, 3.63) is 17.8 Å². The Labute approximate surface area is 97.2 Å². The van der Waals surface area contributed by atoms with E-state index in [-0.39, 0.29) is 0 Å². The molecule has 1 aromatic rings. The fourth-order valence-electron chi connectivity index (χ4n) is 1.42. The third kappa shape index (κ3) is 5.07. The standard InChI is InChI=1S/C12H21N3O/c1-2-3-4-5-6-9-16-12-8-7-11(10-13)14-15-12/h7-8H,2-6,9-10,13H2,1H3. The van der Waals surface area contributed by atoms with E-state index in [1.165, 1.54) is 25.7 Å². The third-order valence-corrected chi connectivity index (χ3v) is 2.40. The predicted octanol–water partition coefficient (Wildman–Crippen LogP) is 2.28. The lowest BCUT2D eigenvalue weighted by atomic mass is 10.2. The van der Waals surface area contributed by atoms with Gasteiger partial charge in [0.05, 0.1) is 12.3 Å². The average molecular weight is 223 g/mol. The van der Waals surface area contributed by atoms with Crippen molar-refractivity contribution in [2.45, 2.75) is 45.6 Å². The lowest BCUT2D eigenvalue weighted by molar-refractivity contribution is 0.289. The van der Waals surface area contributed by atoms with E-state index < -0.39 is 0 Å². The van der Waals surface area contributed by atoms with Gasteiger partial charge < -0.3 is 10.5 Å². The van der Waals surface area contributed by atoms with Gasteiger partial charge in [-0.05, 0) is 12.5 Å². The highest BCUT2D eigenvalue weighted by molar-refractivity contribution is 5.10. The third-order valence-electron chi connectivity index (χ3n) is 2.40. The molecule has 0 aliphatic rings. The molecule has 4 nitrogen and oxygen atoms in total. The monoisotopic (exact) mass is 223 g/mol. The Morgan fingerprint density at radius 2 is 1.94 bits per heavy atom. The second kappa shape index (κ2) is 8.05. The predicted molar refractivity (Wildman–Crippen MR) is 64.2 cm³/mol. The molecular formula is C12H21N3O. The first kappa shape index (κ1) is 12.9. The maximum absolute atomic E-state index is 5.47. The van der Waals surface area contributed by atoms with Gasteiger partial charge in [-0.2, -0.15) is 5.10 Å². The zero-order chi connectivity index (χ0) is 11.6. The van der Waals surface area contributed by atoms with Crippen molar-refractivity contribution < 1.29 is 4.74 Å². The second-order valence-corrected chi connectivity index (χ2v) is 3.83. The summed E-state index contributed by atoms with van der Waals surface area (Å²) in [5.41, 5.74) is 6.21. The van der Waals surface area contributed by atoms with Crippen molar-refractivity contribution in [3.63, 3.8) is 0 Å². The summed E-state index contributed by atoms with van der Waals surface area (Å²) >= 11 is 0. The van der Waals surface area contributed by atoms with Crippen LogP contribution in [0.15, 0.2) is 12.1 Å². The summed E-state index contributed by atoms with van der Waals surface area (Å²) in [6.45, 7) is 3.36. The molecule has 0 aromatic carbocycles. The highest BCUT2D eigenvalue weighted by atomic mass is 16.5. The summed E-state index contributed by atoms with van der Waals surface area (Å²) in [6, 6.07) is 3.67. The summed E-state index contributed by atoms with van der Waals surface area (Å²) in [5.74, 6) is 0.590. The molecule has 0 unspecified atom stereocenters. The minimum Gasteiger partial charge on any atom is -0.477 e. The van der Waals surface area contributed by atoms with Crippen molar-refractivity contribution in [1.29, 1.82) is 0 Å². The molecule has 0 bridgehead atoms. The maximum Gasteiger partial charge on any atom is 0.233 e. The Hall–Kier alpha value is -1.16. The van der Waals surface area contributed by atoms with Gasteiger partial charge in [0.1, 0.15) is 0 Å². The number of ether oxygens (including phenoxy) is 1. The highest BCUT2D eigenvalue weighted by Crippen LogP contribution is 2.07. The van der Waals surface area contributed by atoms with Crippen LogP contribution in [0.25, 0.3) is 0 Å². The number of hydrogen-bond donors (Lipinski definition) is 1. The van der Waals surface area contributed by atoms with Crippen LogP contribution in [0.4, 0.5) is 0 Å². The van der Waals surface area contributed by atoms with Crippen molar-refractivity contribution in [1.82, 2.24) is 10.2 Å². The molecule has 1 aromatic heterocycles. The van der Waals surface area contributed by atoms with Gasteiger partial charge in [-0.3, -0.25) is 0 Å². The van der Waals surface area contributed by atoms with Crippen LogP contribution in [0.1, 0.15) is 44.7 Å². The van der Waals surface area contributed by atoms with Gasteiger partial charge in [-0.15, -0.1) is 5.10 Å². The molecule has 1 heterocycles. The van der Waals surface area contributed by atoms with E-state index in [4.69, 9.17) is 10.5 Å². The van der Waals surface area contributed by atoms with Crippen LogP contribution in [0.5, 0.6) is 5.88 Å². The number of nitrogens with zero attached hydrogens (tertiary/aromatic N) is 2. The number of unbranched alkanes of at least 4 members (excludes halogenated alkanes) is 4. The van der Waals surface area contributed by atoms with Gasteiger partial charge >= 0.3 is 0 Å². The molecule has 0 aliphatic heterocycles. The van der Waals surface area contributed by atoms with Crippen LogP contribution in [-0.4, -0.2) is 16.8 Å². The van der Waals surface area contributed by atoms with Crippen LogP contribution >= 0.6 is 0 Å². The smallest absolute Gasteiger partial charge is 0.233 e. The van der Waals surface area contributed by atoms with Crippen molar-refractivity contribution in [2.24, 2.45) is 5.73 Å². The van der Waals surface area contributed by atoms with Crippen LogP contribution in [0.3, 0.4) is 0 Å². The first-order valence-corrected chi connectivity index (χ1v) is 6.02. The SMILES string of the molecule is CCCCCCCOc1ccc(CN)nn1. The molecule has 0 saturated carbocycles. The summed E-state index contributed by atoms with van der Waals surface area (Å²) in [7, 11) is 0. The minimum absolute atomic E-state index is 0.421. The summed E-state index contributed by atoms with van der Waals surface area (Å²) in [5, 5.41) is 7.86. The number of aromatic nitrogens is 2. The molecule has 0 spiro atoms. The Morgan fingerprint density at radius 1 is 1.12 bits per heavy atom. The Balaban J connectivity index is 2.12. The lowest BCUT2D eigenvalue weighted by Gasteiger charge is -2.04. The highest BCUT2D eigenvalue weighted by Gasteiger charge is 1.97. The molecule has 4 heteroatoms. The second-order valence-electron chi connectivity index (χ2n) is 3.83. The van der Waals surface area contributed by atoms with Crippen LogP contribution in [-0.2, 0) is 6.54 Å². The molecular weight excluding hydrogens is 202 g/mol. The molecule has 0 saturated heterocycles. The molecule has 0 radical (unpaired) electrons. The molecule has 90 valence electrons. The Kier molecular flexibility index (Phi) is 6.49. The van der Waals surface area contributed by atoms with Gasteiger partial charge in [0.15, 0.2) is 0 Å². The van der Waals surface area contributed by atoms with Gasteiger partial charge in [0.25, 0.3) is 0 Å². The van der Waals surface area contributed by atoms with E-state index in [1.54, 1.807) is 0 Å². The molecule has 0 amide bonds. The van der Waals surface area contributed by atoms with E-state index >= 15 is 0 Å². The fraction of sp³-hybridized carbons (Fsp3) is 0.667. The van der Waals surface area contributed by atoms with Crippen molar-refractivity contribution >= 4 is 0 Å². The molecule has 0 atom stereocenters. The fourth-order valence-corrected chi connectivity index (χ4v) is 1.42. The number of rotatable bonds is 8. The van der Waals surface area contributed by atoms with E-state index in [2.05, 4.69) is 17.1 Å². The lowest BCUT2D eigenvalue weighted by Crippen LogP contribution is -2.04. The summed E-state index contributed by atoms with van der Waals surface area (Å²) in [4.78, 5) is 0. The Morgan fingerprint density at radius 3 is 2.56 bits per heavy atom. The van der Waals surface area contributed by atoms with Gasteiger partial charge in [-0.25, -0.2) is 0 Å². The molecule has 0 fully saturated rings. The molecule has 16 heavy (non-hydrogen) atoms. The van der Waals surface area contributed by atoms with E-state index in [1.807, 2.05) is 12.1 Å². The van der Waals surface area contributed by atoms with Crippen LogP contribution in [0.2, 0.25) is 0 Å². The largest absolute Gasteiger partial charge is 0.477 e. The summed E-state index contributed by atoms with van der Waals surface area (Å²) < 4.78 is 5.47. The number of nitrogens with two attached hydrogens (primary N) is 1. The molecule has 0 aliphatic carbocycles. The van der Waals surface area contributed by atoms with E-state index in [0.29, 0.717) is 12.4 Å². The van der Waals surface area contributed by atoms with Gasteiger partial charge in [0.2, 0.25) is 5.88 Å². The van der Waals surface area contributed by atoms with Crippen molar-refractivity contribution in [3.8, 4) is 5.88 Å². The van der Waals surface area contributed by atoms with Crippen molar-refractivity contribution in [2.75, 3.05) is 6.61 Å². The van der Waals surface area contributed by atoms with E-state index in [9.17, 15) is 0 Å². The zero-order valence-electron chi connectivity index (χ0n) is 9.98. The summed E-state index contributed by atoms with van der Waals surface area (Å²) in [6.07, 6.45) is 6.18. The molecule has 1 rings (SSSR count). The normalized spacial score (nSPS) is 10.4. The van der Waals surface area contributed by atoms with E-state index in [0.717, 1.165) is 18.7 Å². The topological polar surface area (TPSA) is 61.0 Å². The van der Waals surface area contributed by atoms with Crippen LogP contribution < -0.4 is 10.5 Å². The first-order chi connectivity index (χ1) is 7.86. The average Bonchev–Trinajstić information content (AvgIpc) is 2.34. The quantitative estimate of drug-likeness (QED) is 0.687. The minimum atomic E-state index is 0.421. The van der Waals surface area contributed by atoms with Gasteiger partial charge in [-0.1, -0.05) is 32.6 Å². The first-order valence-electron chi connectivity index (χ1n) is 6.02. The van der Waals surface area contributed by atoms with Gasteiger partial charge in [0, 0.05) is 12.6 Å². The molecule has 2 N–H and O–H groups in total. The number of hydrogen-bond acceptors (Lipinski definition) is 4. The maximum atomic E-state index is 5.47. The van der Waals surface area contributed by atoms with Crippen LogP contribution in [0, 0.1) is 0 Å². The zero-order valence-corrected chi connectivity index (χ0v) is 9.98. The Bertz CT molecular complexity index is 274.